The van der Waals surface area contributed by atoms with Gasteiger partial charge in [0.05, 0.1) is 0 Å². The third-order valence-corrected chi connectivity index (χ3v) is 3.19. The molecule has 2 aliphatic rings. The van der Waals surface area contributed by atoms with Crippen LogP contribution in [0.3, 0.4) is 0 Å². The molecule has 1 amide bonds. The van der Waals surface area contributed by atoms with Crippen LogP contribution in [-0.2, 0) is 4.74 Å². The van der Waals surface area contributed by atoms with Crippen molar-refractivity contribution in [1.29, 1.82) is 0 Å². The normalized spacial score (nSPS) is 30.2. The predicted octanol–water partition coefficient (Wildman–Crippen LogP) is 1.51. The van der Waals surface area contributed by atoms with Crippen molar-refractivity contribution in [2.45, 2.75) is 45.3 Å². The lowest BCUT2D eigenvalue weighted by Gasteiger charge is -2.24. The highest BCUT2D eigenvalue weighted by atomic mass is 16.6. The fraction of sp³-hybridized carbons (Fsp3) is 0.917. The van der Waals surface area contributed by atoms with Crippen molar-refractivity contribution >= 4 is 6.09 Å². The minimum Gasteiger partial charge on any atom is -0.444 e. The Hall–Kier alpha value is -0.770. The Balaban J connectivity index is 1.81. The lowest BCUT2D eigenvalue weighted by Crippen LogP contribution is -2.43. The van der Waals surface area contributed by atoms with Gasteiger partial charge in [-0.25, -0.2) is 4.79 Å². The van der Waals surface area contributed by atoms with E-state index in [2.05, 4.69) is 10.6 Å². The molecule has 2 fully saturated rings. The van der Waals surface area contributed by atoms with Gasteiger partial charge in [-0.05, 0) is 45.4 Å². The van der Waals surface area contributed by atoms with Gasteiger partial charge in [-0.3, -0.25) is 0 Å². The second-order valence-corrected chi connectivity index (χ2v) is 5.91. The number of carbonyl (C=O) groups is 1. The minimum absolute atomic E-state index is 0.252. The lowest BCUT2D eigenvalue weighted by molar-refractivity contribution is 0.0495. The molecule has 0 aromatic carbocycles. The highest BCUT2D eigenvalue weighted by molar-refractivity contribution is 5.68. The highest BCUT2D eigenvalue weighted by Gasteiger charge is 2.40. The molecule has 2 atom stereocenters. The highest BCUT2D eigenvalue weighted by Crippen LogP contribution is 2.39. The van der Waals surface area contributed by atoms with Crippen LogP contribution in [-0.4, -0.2) is 30.8 Å². The van der Waals surface area contributed by atoms with E-state index in [4.69, 9.17) is 4.74 Å². The molecule has 1 aliphatic carbocycles. The Kier molecular flexibility index (Phi) is 3.10. The lowest BCUT2D eigenvalue weighted by atomic mass is 9.98. The molecule has 0 aromatic heterocycles. The molecule has 16 heavy (non-hydrogen) atoms. The van der Waals surface area contributed by atoms with Crippen molar-refractivity contribution in [3.05, 3.63) is 0 Å². The number of ether oxygens (including phenoxy) is 1. The zero-order valence-electron chi connectivity index (χ0n) is 10.4. The van der Waals surface area contributed by atoms with Crippen LogP contribution in [0.15, 0.2) is 0 Å². The molecule has 2 N–H and O–H groups in total. The van der Waals surface area contributed by atoms with Crippen molar-refractivity contribution in [1.82, 2.24) is 10.6 Å². The Labute approximate surface area is 97.1 Å². The number of nitrogens with one attached hydrogen (secondary N) is 2. The smallest absolute Gasteiger partial charge is 0.407 e. The van der Waals surface area contributed by atoms with Crippen LogP contribution in [0, 0.1) is 11.8 Å². The van der Waals surface area contributed by atoms with Crippen molar-refractivity contribution in [2.75, 3.05) is 13.1 Å². The molecule has 0 aromatic rings. The summed E-state index contributed by atoms with van der Waals surface area (Å²) in [5.74, 6) is 1.42. The Morgan fingerprint density at radius 1 is 1.31 bits per heavy atom. The van der Waals surface area contributed by atoms with E-state index in [-0.39, 0.29) is 12.1 Å². The van der Waals surface area contributed by atoms with Gasteiger partial charge < -0.3 is 15.4 Å². The summed E-state index contributed by atoms with van der Waals surface area (Å²) in [5, 5.41) is 6.32. The van der Waals surface area contributed by atoms with E-state index in [1.165, 1.54) is 12.8 Å². The molecular weight excluding hydrogens is 204 g/mol. The SMILES string of the molecule is CC(C)(C)OC(=O)N[C@H]1CNC[C@H]1C1CC1. The van der Waals surface area contributed by atoms with E-state index in [9.17, 15) is 4.79 Å². The quantitative estimate of drug-likeness (QED) is 0.750. The molecular formula is C12H22N2O2. The van der Waals surface area contributed by atoms with Crippen LogP contribution in [0.4, 0.5) is 4.79 Å². The monoisotopic (exact) mass is 226 g/mol. The second kappa shape index (κ2) is 4.24. The summed E-state index contributed by atoms with van der Waals surface area (Å²) in [6.45, 7) is 7.57. The molecule has 0 radical (unpaired) electrons. The molecule has 2 rings (SSSR count). The first-order valence-electron chi connectivity index (χ1n) is 6.16. The zero-order valence-corrected chi connectivity index (χ0v) is 10.4. The topological polar surface area (TPSA) is 50.4 Å². The number of hydrogen-bond donors (Lipinski definition) is 2. The fourth-order valence-electron chi connectivity index (χ4n) is 2.34. The third kappa shape index (κ3) is 3.11. The second-order valence-electron chi connectivity index (χ2n) is 5.91. The van der Waals surface area contributed by atoms with Gasteiger partial charge in [0.15, 0.2) is 0 Å². The predicted molar refractivity (Wildman–Crippen MR) is 62.2 cm³/mol. The molecule has 0 unspecified atom stereocenters. The Morgan fingerprint density at radius 3 is 2.56 bits per heavy atom. The maximum absolute atomic E-state index is 11.6. The maximum atomic E-state index is 11.6. The molecule has 1 saturated heterocycles. The van der Waals surface area contributed by atoms with Crippen LogP contribution < -0.4 is 10.6 Å². The van der Waals surface area contributed by atoms with Crippen LogP contribution in [0.1, 0.15) is 33.6 Å². The first kappa shape index (κ1) is 11.7. The van der Waals surface area contributed by atoms with Crippen molar-refractivity contribution in [3.63, 3.8) is 0 Å². The largest absolute Gasteiger partial charge is 0.444 e. The van der Waals surface area contributed by atoms with Crippen molar-refractivity contribution < 1.29 is 9.53 Å². The van der Waals surface area contributed by atoms with E-state index in [0.717, 1.165) is 19.0 Å². The summed E-state index contributed by atoms with van der Waals surface area (Å²) in [6, 6.07) is 0.252. The molecule has 1 saturated carbocycles. The molecule has 4 nitrogen and oxygen atoms in total. The third-order valence-electron chi connectivity index (χ3n) is 3.19. The summed E-state index contributed by atoms with van der Waals surface area (Å²) < 4.78 is 5.27. The standard InChI is InChI=1S/C12H22N2O2/c1-12(2,3)16-11(15)14-10-7-13-6-9(10)8-4-5-8/h8-10,13H,4-7H2,1-3H3,(H,14,15)/t9-,10-/m0/s1. The van der Waals surface area contributed by atoms with Gasteiger partial charge in [0, 0.05) is 19.1 Å². The van der Waals surface area contributed by atoms with Crippen molar-refractivity contribution in [2.24, 2.45) is 11.8 Å². The van der Waals surface area contributed by atoms with E-state index in [0.29, 0.717) is 5.92 Å². The summed E-state index contributed by atoms with van der Waals surface area (Å²) in [4.78, 5) is 11.6. The molecule has 92 valence electrons. The van der Waals surface area contributed by atoms with E-state index in [1.807, 2.05) is 20.8 Å². The maximum Gasteiger partial charge on any atom is 0.407 e. The first-order chi connectivity index (χ1) is 7.46. The number of amides is 1. The van der Waals surface area contributed by atoms with Crippen LogP contribution in [0.25, 0.3) is 0 Å². The zero-order chi connectivity index (χ0) is 11.8. The Morgan fingerprint density at radius 2 is 2.00 bits per heavy atom. The number of rotatable bonds is 2. The number of carbonyl (C=O) groups excluding carboxylic acids is 1. The molecule has 4 heteroatoms. The van der Waals surface area contributed by atoms with Gasteiger partial charge in [-0.1, -0.05) is 0 Å². The van der Waals surface area contributed by atoms with Crippen LogP contribution in [0.2, 0.25) is 0 Å². The van der Waals surface area contributed by atoms with E-state index >= 15 is 0 Å². The fourth-order valence-corrected chi connectivity index (χ4v) is 2.34. The van der Waals surface area contributed by atoms with Crippen LogP contribution >= 0.6 is 0 Å². The van der Waals surface area contributed by atoms with E-state index < -0.39 is 5.60 Å². The first-order valence-corrected chi connectivity index (χ1v) is 6.16. The van der Waals surface area contributed by atoms with Crippen LogP contribution in [0.5, 0.6) is 0 Å². The molecule has 0 bridgehead atoms. The van der Waals surface area contributed by atoms with Gasteiger partial charge in [-0.15, -0.1) is 0 Å². The molecule has 1 heterocycles. The molecule has 0 spiro atoms. The average Bonchev–Trinajstić information content (AvgIpc) is 2.85. The van der Waals surface area contributed by atoms with Gasteiger partial charge in [0.2, 0.25) is 0 Å². The number of alkyl carbamates (subject to hydrolysis) is 1. The van der Waals surface area contributed by atoms with Gasteiger partial charge in [-0.2, -0.15) is 0 Å². The summed E-state index contributed by atoms with van der Waals surface area (Å²) in [7, 11) is 0. The van der Waals surface area contributed by atoms with Gasteiger partial charge >= 0.3 is 6.09 Å². The minimum atomic E-state index is -0.412. The van der Waals surface area contributed by atoms with E-state index in [1.54, 1.807) is 0 Å². The molecule has 1 aliphatic heterocycles. The van der Waals surface area contributed by atoms with Gasteiger partial charge in [0.25, 0.3) is 0 Å². The Bertz CT molecular complexity index is 269. The van der Waals surface area contributed by atoms with Crippen molar-refractivity contribution in [3.8, 4) is 0 Å². The summed E-state index contributed by atoms with van der Waals surface area (Å²) >= 11 is 0. The summed E-state index contributed by atoms with van der Waals surface area (Å²) in [6.07, 6.45) is 2.35. The number of hydrogen-bond acceptors (Lipinski definition) is 3. The van der Waals surface area contributed by atoms with Gasteiger partial charge in [0.1, 0.15) is 5.60 Å². The average molecular weight is 226 g/mol. The summed E-state index contributed by atoms with van der Waals surface area (Å²) in [5.41, 5.74) is -0.412.